The first-order chi connectivity index (χ1) is 20.5. The van der Waals surface area contributed by atoms with Gasteiger partial charge in [0.25, 0.3) is 5.91 Å². The van der Waals surface area contributed by atoms with Crippen molar-refractivity contribution in [2.75, 3.05) is 19.8 Å². The minimum absolute atomic E-state index is 0.00352. The zero-order valence-electron chi connectivity index (χ0n) is 26.1. The molecule has 0 aromatic heterocycles. The minimum atomic E-state index is -4.11. The Hall–Kier alpha value is -2.62. The average molecular weight is 628 g/mol. The van der Waals surface area contributed by atoms with Gasteiger partial charge in [0, 0.05) is 13.2 Å². The molecule has 0 fully saturated rings. The molecule has 0 unspecified atom stereocenters. The number of hydrogen-bond acceptors (Lipinski definition) is 7. The Kier molecular flexibility index (Phi) is 13.8. The van der Waals surface area contributed by atoms with Crippen LogP contribution >= 0.6 is 7.82 Å². The van der Waals surface area contributed by atoms with Crippen molar-refractivity contribution in [1.82, 2.24) is 5.06 Å². The molecular formula is C33H46NO7PSi. The fraction of sp³-hybridized carbons (Fsp3) is 0.424. The molecule has 3 aromatic rings. The number of hydroxylamine groups is 2. The van der Waals surface area contributed by atoms with Crippen molar-refractivity contribution >= 4 is 22.0 Å². The first-order valence-corrected chi connectivity index (χ1v) is 19.1. The van der Waals surface area contributed by atoms with Gasteiger partial charge >= 0.3 is 7.82 Å². The van der Waals surface area contributed by atoms with Gasteiger partial charge in [-0.3, -0.25) is 23.2 Å². The normalized spacial score (nSPS) is 12.3. The van der Waals surface area contributed by atoms with Crippen LogP contribution in [-0.4, -0.2) is 39.0 Å². The molecule has 0 aliphatic rings. The van der Waals surface area contributed by atoms with Crippen LogP contribution in [0.5, 0.6) is 0 Å². The topological polar surface area (TPSA) is 83.5 Å². The summed E-state index contributed by atoms with van der Waals surface area (Å²) in [7, 11) is -5.96. The van der Waals surface area contributed by atoms with Crippen molar-refractivity contribution in [3.63, 3.8) is 0 Å². The molecule has 0 N–H and O–H groups in total. The third-order valence-electron chi connectivity index (χ3n) is 7.34. The lowest BCUT2D eigenvalue weighted by Gasteiger charge is -2.36. The van der Waals surface area contributed by atoms with Gasteiger partial charge in [0.05, 0.1) is 13.2 Å². The van der Waals surface area contributed by atoms with Gasteiger partial charge in [0.2, 0.25) is 0 Å². The Labute approximate surface area is 258 Å². The molecule has 0 saturated carbocycles. The molecule has 10 heteroatoms. The third kappa shape index (κ3) is 12.5. The molecule has 234 valence electrons. The molecule has 0 atom stereocenters. The molecule has 1 amide bonds. The van der Waals surface area contributed by atoms with Gasteiger partial charge in [0.1, 0.15) is 13.2 Å². The number of unbranched alkanes of at least 4 members (excludes halogenated alkanes) is 1. The number of hydrogen-bond donors (Lipinski definition) is 0. The van der Waals surface area contributed by atoms with E-state index in [1.165, 1.54) is 5.06 Å². The summed E-state index contributed by atoms with van der Waals surface area (Å²) in [5.74, 6) is -0.479. The molecule has 3 aromatic carbocycles. The average Bonchev–Trinajstić information content (AvgIpc) is 3.00. The minimum Gasteiger partial charge on any atom is -0.417 e. The van der Waals surface area contributed by atoms with Gasteiger partial charge in [0.15, 0.2) is 8.32 Å². The Morgan fingerprint density at radius 3 is 1.65 bits per heavy atom. The summed E-state index contributed by atoms with van der Waals surface area (Å²) in [6.45, 7) is 11.7. The number of phosphoric ester groups is 1. The lowest BCUT2D eigenvalue weighted by molar-refractivity contribution is -0.194. The van der Waals surface area contributed by atoms with Crippen LogP contribution in [0, 0.1) is 0 Å². The Morgan fingerprint density at radius 1 is 0.721 bits per heavy atom. The standard InChI is InChI=1S/C33H46NO7PSi/c1-33(2,3)43(4,5)41-24-16-15-23-34(37-25-29-17-9-6-10-18-29)32(35)28-40-42(36,38-26-30-19-11-7-12-20-30)39-27-31-21-13-8-14-22-31/h6-14,17-22H,15-16,23-28H2,1-5H3. The van der Waals surface area contributed by atoms with E-state index in [1.807, 2.05) is 91.0 Å². The highest BCUT2D eigenvalue weighted by Gasteiger charge is 2.37. The largest absolute Gasteiger partial charge is 0.475 e. The van der Waals surface area contributed by atoms with E-state index in [9.17, 15) is 9.36 Å². The van der Waals surface area contributed by atoms with Crippen molar-refractivity contribution in [3.8, 4) is 0 Å². The fourth-order valence-electron chi connectivity index (χ4n) is 3.66. The van der Waals surface area contributed by atoms with Crippen LogP contribution in [0.3, 0.4) is 0 Å². The second-order valence-electron chi connectivity index (χ2n) is 11.8. The van der Waals surface area contributed by atoms with Crippen LogP contribution in [0.1, 0.15) is 50.3 Å². The van der Waals surface area contributed by atoms with Gasteiger partial charge in [-0.05, 0) is 47.7 Å². The summed E-state index contributed by atoms with van der Waals surface area (Å²) in [6, 6.07) is 28.2. The van der Waals surface area contributed by atoms with Gasteiger partial charge in [-0.25, -0.2) is 9.63 Å². The molecule has 0 radical (unpaired) electrons. The zero-order chi connectivity index (χ0) is 31.2. The second-order valence-corrected chi connectivity index (χ2v) is 18.3. The van der Waals surface area contributed by atoms with Gasteiger partial charge in [-0.15, -0.1) is 0 Å². The first-order valence-electron chi connectivity index (χ1n) is 14.7. The quantitative estimate of drug-likeness (QED) is 0.0607. The maximum Gasteiger partial charge on any atom is 0.475 e. The van der Waals surface area contributed by atoms with Crippen molar-refractivity contribution in [2.24, 2.45) is 0 Å². The zero-order valence-corrected chi connectivity index (χ0v) is 28.0. The summed E-state index contributed by atoms with van der Waals surface area (Å²) >= 11 is 0. The predicted octanol–water partition coefficient (Wildman–Crippen LogP) is 8.31. The van der Waals surface area contributed by atoms with Crippen LogP contribution in [0.4, 0.5) is 0 Å². The Morgan fingerprint density at radius 2 is 1.19 bits per heavy atom. The van der Waals surface area contributed by atoms with Gasteiger partial charge < -0.3 is 4.43 Å². The first kappa shape index (κ1) is 34.9. The lowest BCUT2D eigenvalue weighted by atomic mass is 10.2. The predicted molar refractivity (Wildman–Crippen MR) is 171 cm³/mol. The maximum absolute atomic E-state index is 13.6. The number of rotatable bonds is 18. The van der Waals surface area contributed by atoms with E-state index >= 15 is 0 Å². The maximum atomic E-state index is 13.6. The molecule has 0 heterocycles. The fourth-order valence-corrected chi connectivity index (χ4v) is 5.86. The summed E-state index contributed by atoms with van der Waals surface area (Å²) in [6.07, 6.45) is 1.44. The van der Waals surface area contributed by atoms with E-state index in [4.69, 9.17) is 22.8 Å². The van der Waals surface area contributed by atoms with Crippen LogP contribution in [0.15, 0.2) is 91.0 Å². The Balaban J connectivity index is 1.62. The molecular weight excluding hydrogens is 581 g/mol. The summed E-state index contributed by atoms with van der Waals surface area (Å²) in [5, 5.41) is 1.41. The number of nitrogens with zero attached hydrogens (tertiary/aromatic N) is 1. The molecule has 0 saturated heterocycles. The van der Waals surface area contributed by atoms with E-state index in [2.05, 4.69) is 33.9 Å². The molecule has 3 rings (SSSR count). The van der Waals surface area contributed by atoms with E-state index in [0.717, 1.165) is 23.1 Å². The van der Waals surface area contributed by atoms with Crippen molar-refractivity contribution in [3.05, 3.63) is 108 Å². The monoisotopic (exact) mass is 627 g/mol. The highest BCUT2D eigenvalue weighted by Crippen LogP contribution is 2.51. The highest BCUT2D eigenvalue weighted by atomic mass is 31.2. The summed E-state index contributed by atoms with van der Waals surface area (Å²) < 4.78 is 36.8. The number of carbonyl (C=O) groups excluding carboxylic acids is 1. The molecule has 0 bridgehead atoms. The summed E-state index contributed by atoms with van der Waals surface area (Å²) in [5.41, 5.74) is 2.52. The van der Waals surface area contributed by atoms with Crippen LogP contribution in [0.2, 0.25) is 18.1 Å². The van der Waals surface area contributed by atoms with E-state index in [0.29, 0.717) is 19.6 Å². The molecule has 0 spiro atoms. The Bertz CT molecular complexity index is 1220. The van der Waals surface area contributed by atoms with Crippen LogP contribution in [0.25, 0.3) is 0 Å². The summed E-state index contributed by atoms with van der Waals surface area (Å²) in [4.78, 5) is 19.2. The molecule has 8 nitrogen and oxygen atoms in total. The number of amides is 1. The second kappa shape index (κ2) is 17.0. The molecule has 43 heavy (non-hydrogen) atoms. The number of benzene rings is 3. The van der Waals surface area contributed by atoms with E-state index in [-0.39, 0.29) is 24.9 Å². The molecule has 0 aliphatic heterocycles. The number of carbonyl (C=O) groups is 1. The van der Waals surface area contributed by atoms with E-state index in [1.54, 1.807) is 0 Å². The van der Waals surface area contributed by atoms with Gasteiger partial charge in [-0.2, -0.15) is 0 Å². The van der Waals surface area contributed by atoms with Crippen molar-refractivity contribution in [2.45, 2.75) is 71.6 Å². The van der Waals surface area contributed by atoms with Crippen molar-refractivity contribution < 1.29 is 32.2 Å². The number of phosphoric acid groups is 1. The van der Waals surface area contributed by atoms with Crippen molar-refractivity contribution in [1.29, 1.82) is 0 Å². The smallest absolute Gasteiger partial charge is 0.417 e. The van der Waals surface area contributed by atoms with E-state index < -0.39 is 28.7 Å². The van der Waals surface area contributed by atoms with Crippen LogP contribution < -0.4 is 0 Å². The highest BCUT2D eigenvalue weighted by molar-refractivity contribution is 7.48. The SMILES string of the molecule is CC(C)(C)[Si](C)(C)OCCCCN(OCc1ccccc1)C(=O)COP(=O)(OCc1ccccc1)OCc1ccccc1. The molecule has 0 aliphatic carbocycles. The lowest BCUT2D eigenvalue weighted by Crippen LogP contribution is -2.41. The van der Waals surface area contributed by atoms with Crippen LogP contribution in [-0.2, 0) is 52.0 Å². The third-order valence-corrected chi connectivity index (χ3v) is 13.2. The van der Waals surface area contributed by atoms with Gasteiger partial charge in [-0.1, -0.05) is 112 Å².